The highest BCUT2D eigenvalue weighted by Crippen LogP contribution is 2.20. The van der Waals surface area contributed by atoms with Crippen LogP contribution in [-0.2, 0) is 14.3 Å². The highest BCUT2D eigenvalue weighted by Gasteiger charge is 2.38. The molecule has 2 fully saturated rings. The quantitative estimate of drug-likeness (QED) is 0.743. The number of ether oxygens (including phenoxy) is 1. The van der Waals surface area contributed by atoms with Crippen LogP contribution in [0.5, 0.6) is 0 Å². The van der Waals surface area contributed by atoms with Crippen molar-refractivity contribution in [2.75, 3.05) is 46.9 Å². The van der Waals surface area contributed by atoms with E-state index in [2.05, 4.69) is 6.92 Å². The van der Waals surface area contributed by atoms with Crippen LogP contribution in [0, 0.1) is 0 Å². The zero-order chi connectivity index (χ0) is 15.4. The summed E-state index contributed by atoms with van der Waals surface area (Å²) in [7, 11) is 3.63. The number of carbonyl (C=O) groups is 2. The number of rotatable bonds is 4. The van der Waals surface area contributed by atoms with Gasteiger partial charge < -0.3 is 14.5 Å². The first kappa shape index (κ1) is 16.2. The fourth-order valence-electron chi connectivity index (χ4n) is 3.24. The molecule has 0 aliphatic carbocycles. The molecule has 0 radical (unpaired) electrons. The molecule has 2 amide bonds. The van der Waals surface area contributed by atoms with Gasteiger partial charge in [-0.25, -0.2) is 0 Å². The summed E-state index contributed by atoms with van der Waals surface area (Å²) in [4.78, 5) is 30.6. The molecule has 2 aliphatic heterocycles. The Hall–Kier alpha value is -1.14. The predicted molar refractivity (Wildman–Crippen MR) is 79.9 cm³/mol. The number of hydrogen-bond acceptors (Lipinski definition) is 4. The van der Waals surface area contributed by atoms with Crippen LogP contribution in [0.1, 0.15) is 26.2 Å². The van der Waals surface area contributed by atoms with E-state index in [1.54, 1.807) is 12.0 Å². The molecule has 0 aromatic rings. The summed E-state index contributed by atoms with van der Waals surface area (Å²) in [6.45, 7) is 5.29. The Morgan fingerprint density at radius 1 is 1.38 bits per heavy atom. The van der Waals surface area contributed by atoms with Crippen LogP contribution >= 0.6 is 0 Å². The maximum absolute atomic E-state index is 12.7. The molecule has 0 saturated carbocycles. The molecular formula is C15H27N3O3. The molecule has 2 aliphatic rings. The van der Waals surface area contributed by atoms with Gasteiger partial charge in [-0.15, -0.1) is 0 Å². The summed E-state index contributed by atoms with van der Waals surface area (Å²) in [6, 6.07) is -0.152. The van der Waals surface area contributed by atoms with Gasteiger partial charge in [-0.2, -0.15) is 0 Å². The number of nitrogens with zero attached hydrogens (tertiary/aromatic N) is 3. The third-order valence-corrected chi connectivity index (χ3v) is 4.47. The van der Waals surface area contributed by atoms with Gasteiger partial charge >= 0.3 is 0 Å². The summed E-state index contributed by atoms with van der Waals surface area (Å²) in [5.74, 6) is 0.149. The zero-order valence-electron chi connectivity index (χ0n) is 13.4. The molecule has 2 rings (SSSR count). The Kier molecular flexibility index (Phi) is 5.58. The monoisotopic (exact) mass is 297 g/mol. The topological polar surface area (TPSA) is 53.1 Å². The van der Waals surface area contributed by atoms with Gasteiger partial charge in [0.1, 0.15) is 0 Å². The lowest BCUT2D eigenvalue weighted by atomic mass is 10.1. The van der Waals surface area contributed by atoms with E-state index < -0.39 is 0 Å². The first-order valence-corrected chi connectivity index (χ1v) is 7.86. The van der Waals surface area contributed by atoms with Crippen LogP contribution in [0.4, 0.5) is 0 Å². The largest absolute Gasteiger partial charge is 0.380 e. The summed E-state index contributed by atoms with van der Waals surface area (Å²) in [5.41, 5.74) is 0. The lowest BCUT2D eigenvalue weighted by Gasteiger charge is -2.26. The third kappa shape index (κ3) is 3.74. The van der Waals surface area contributed by atoms with Crippen LogP contribution in [0.25, 0.3) is 0 Å². The standard InChI is InChI=1S/C15H27N3O3/c1-4-6-17-7-5-8-18(11-14(17)19)15(20)13-9-12(21-3)10-16(13)2/h12-13H,4-11H2,1-3H3/t12-,13-/m0/s1. The first-order valence-electron chi connectivity index (χ1n) is 7.86. The molecular weight excluding hydrogens is 270 g/mol. The minimum absolute atomic E-state index is 0.0729. The second kappa shape index (κ2) is 7.22. The lowest BCUT2D eigenvalue weighted by Crippen LogP contribution is -2.47. The summed E-state index contributed by atoms with van der Waals surface area (Å²) < 4.78 is 5.36. The molecule has 6 nitrogen and oxygen atoms in total. The molecule has 21 heavy (non-hydrogen) atoms. The second-order valence-electron chi connectivity index (χ2n) is 6.04. The average Bonchev–Trinajstić information content (AvgIpc) is 2.75. The number of likely N-dealkylation sites (tertiary alicyclic amines) is 1. The van der Waals surface area contributed by atoms with Crippen molar-refractivity contribution in [1.29, 1.82) is 0 Å². The molecule has 2 atom stereocenters. The van der Waals surface area contributed by atoms with Gasteiger partial charge in [0.2, 0.25) is 11.8 Å². The summed E-state index contributed by atoms with van der Waals surface area (Å²) >= 11 is 0. The van der Waals surface area contributed by atoms with Crippen molar-refractivity contribution < 1.29 is 14.3 Å². The van der Waals surface area contributed by atoms with Crippen LogP contribution in [0.3, 0.4) is 0 Å². The van der Waals surface area contributed by atoms with Crippen molar-refractivity contribution in [3.05, 3.63) is 0 Å². The van der Waals surface area contributed by atoms with E-state index >= 15 is 0 Å². The lowest BCUT2D eigenvalue weighted by molar-refractivity contribution is -0.141. The number of carbonyl (C=O) groups excluding carboxylic acids is 2. The number of amides is 2. The fraction of sp³-hybridized carbons (Fsp3) is 0.867. The molecule has 6 heteroatoms. The minimum Gasteiger partial charge on any atom is -0.380 e. The molecule has 0 spiro atoms. The van der Waals surface area contributed by atoms with Gasteiger partial charge in [0, 0.05) is 33.3 Å². The maximum atomic E-state index is 12.7. The molecule has 0 aromatic carbocycles. The second-order valence-corrected chi connectivity index (χ2v) is 6.04. The van der Waals surface area contributed by atoms with Crippen molar-refractivity contribution >= 4 is 11.8 Å². The van der Waals surface area contributed by atoms with Crippen LogP contribution in [0.15, 0.2) is 0 Å². The third-order valence-electron chi connectivity index (χ3n) is 4.47. The maximum Gasteiger partial charge on any atom is 0.242 e. The van der Waals surface area contributed by atoms with Gasteiger partial charge in [-0.1, -0.05) is 6.92 Å². The Labute approximate surface area is 127 Å². The van der Waals surface area contributed by atoms with E-state index in [1.165, 1.54) is 0 Å². The van der Waals surface area contributed by atoms with Crippen molar-refractivity contribution in [3.63, 3.8) is 0 Å². The van der Waals surface area contributed by atoms with Crippen molar-refractivity contribution in [1.82, 2.24) is 14.7 Å². The van der Waals surface area contributed by atoms with Crippen molar-refractivity contribution in [2.45, 2.75) is 38.3 Å². The molecule has 120 valence electrons. The number of hydrogen-bond donors (Lipinski definition) is 0. The van der Waals surface area contributed by atoms with Gasteiger partial charge in [-0.3, -0.25) is 14.5 Å². The van der Waals surface area contributed by atoms with Gasteiger partial charge in [-0.05, 0) is 26.3 Å². The van der Waals surface area contributed by atoms with E-state index in [1.807, 2.05) is 16.8 Å². The highest BCUT2D eigenvalue weighted by molar-refractivity contribution is 5.88. The van der Waals surface area contributed by atoms with Gasteiger partial charge in [0.05, 0.1) is 18.7 Å². The molecule has 0 unspecified atom stereocenters. The van der Waals surface area contributed by atoms with E-state index in [0.717, 1.165) is 38.9 Å². The van der Waals surface area contributed by atoms with Crippen LogP contribution in [0.2, 0.25) is 0 Å². The zero-order valence-corrected chi connectivity index (χ0v) is 13.4. The first-order chi connectivity index (χ1) is 10.1. The molecule has 0 bridgehead atoms. The van der Waals surface area contributed by atoms with Gasteiger partial charge in [0.15, 0.2) is 0 Å². The summed E-state index contributed by atoms with van der Waals surface area (Å²) in [6.07, 6.45) is 2.65. The Balaban J connectivity index is 1.98. The van der Waals surface area contributed by atoms with Crippen molar-refractivity contribution in [2.24, 2.45) is 0 Å². The molecule has 0 N–H and O–H groups in total. The van der Waals surface area contributed by atoms with E-state index in [4.69, 9.17) is 4.74 Å². The smallest absolute Gasteiger partial charge is 0.242 e. The number of likely N-dealkylation sites (N-methyl/N-ethyl adjacent to an activating group) is 1. The van der Waals surface area contributed by atoms with E-state index in [0.29, 0.717) is 6.54 Å². The van der Waals surface area contributed by atoms with Crippen molar-refractivity contribution in [3.8, 4) is 0 Å². The molecule has 2 saturated heterocycles. The molecule has 0 aromatic heterocycles. The number of methoxy groups -OCH3 is 1. The Morgan fingerprint density at radius 3 is 2.76 bits per heavy atom. The van der Waals surface area contributed by atoms with E-state index in [9.17, 15) is 9.59 Å². The highest BCUT2D eigenvalue weighted by atomic mass is 16.5. The summed E-state index contributed by atoms with van der Waals surface area (Å²) in [5, 5.41) is 0. The minimum atomic E-state index is -0.152. The normalized spacial score (nSPS) is 28.0. The van der Waals surface area contributed by atoms with Crippen LogP contribution in [-0.4, -0.2) is 85.5 Å². The van der Waals surface area contributed by atoms with E-state index in [-0.39, 0.29) is 30.5 Å². The SMILES string of the molecule is CCCN1CCCN(C(=O)[C@@H]2C[C@H](OC)CN2C)CC1=O. The Morgan fingerprint density at radius 2 is 2.14 bits per heavy atom. The fourth-order valence-corrected chi connectivity index (χ4v) is 3.24. The van der Waals surface area contributed by atoms with Crippen LogP contribution < -0.4 is 0 Å². The Bertz CT molecular complexity index is 388. The van der Waals surface area contributed by atoms with Gasteiger partial charge in [0.25, 0.3) is 0 Å². The molecule has 2 heterocycles. The predicted octanol–water partition coefficient (Wildman–Crippen LogP) is 0.176. The average molecular weight is 297 g/mol.